The number of aryl methyl sites for hydroxylation is 1. The van der Waals surface area contributed by atoms with Gasteiger partial charge in [-0.3, -0.25) is 4.99 Å². The van der Waals surface area contributed by atoms with Crippen molar-refractivity contribution in [1.82, 2.24) is 15.6 Å². The smallest absolute Gasteiger partial charge is 0.191 e. The number of benzene rings is 1. The Balaban J connectivity index is 0.00000220. The summed E-state index contributed by atoms with van der Waals surface area (Å²) in [4.78, 5) is 9.80. The summed E-state index contributed by atoms with van der Waals surface area (Å²) in [6.07, 6.45) is 1.89. The van der Waals surface area contributed by atoms with Crippen molar-refractivity contribution in [2.24, 2.45) is 4.99 Å². The van der Waals surface area contributed by atoms with Crippen LogP contribution >= 0.6 is 35.3 Å². The van der Waals surface area contributed by atoms with Gasteiger partial charge < -0.3 is 10.6 Å². The molecule has 0 aliphatic rings. The molecule has 1 aromatic carbocycles. The summed E-state index contributed by atoms with van der Waals surface area (Å²) in [5.41, 5.74) is 1.24. The van der Waals surface area contributed by atoms with E-state index in [0.29, 0.717) is 6.54 Å². The van der Waals surface area contributed by atoms with E-state index in [4.69, 9.17) is 0 Å². The Morgan fingerprint density at radius 1 is 1.33 bits per heavy atom. The van der Waals surface area contributed by atoms with Gasteiger partial charge in [-0.25, -0.2) is 4.98 Å². The quantitative estimate of drug-likeness (QED) is 0.456. The summed E-state index contributed by atoms with van der Waals surface area (Å²) in [5, 5.41) is 7.73. The van der Waals surface area contributed by atoms with E-state index in [1.165, 1.54) is 10.4 Å². The summed E-state index contributed by atoms with van der Waals surface area (Å²) in [5.74, 6) is 0.786. The van der Waals surface area contributed by atoms with E-state index in [9.17, 15) is 0 Å². The van der Waals surface area contributed by atoms with Gasteiger partial charge in [0.1, 0.15) is 5.01 Å². The first-order chi connectivity index (χ1) is 9.69. The number of nitrogens with zero attached hydrogens (tertiary/aromatic N) is 2. The molecule has 2 rings (SSSR count). The van der Waals surface area contributed by atoms with E-state index in [0.717, 1.165) is 11.0 Å². The molecule has 0 fully saturated rings. The van der Waals surface area contributed by atoms with Gasteiger partial charge in [0.2, 0.25) is 0 Å². The van der Waals surface area contributed by atoms with Crippen LogP contribution in [0.2, 0.25) is 0 Å². The molecule has 0 aliphatic carbocycles. The fourth-order valence-corrected chi connectivity index (χ4v) is 2.59. The van der Waals surface area contributed by atoms with Gasteiger partial charge in [-0.2, -0.15) is 0 Å². The highest BCUT2D eigenvalue weighted by atomic mass is 127. The van der Waals surface area contributed by atoms with E-state index in [1.807, 2.05) is 24.4 Å². The Hall–Kier alpha value is -1.15. The molecule has 1 unspecified atom stereocenters. The number of thiazole rings is 1. The van der Waals surface area contributed by atoms with Gasteiger partial charge in [0.05, 0.1) is 12.6 Å². The van der Waals surface area contributed by atoms with Crippen molar-refractivity contribution in [3.05, 3.63) is 52.0 Å². The zero-order chi connectivity index (χ0) is 14.4. The van der Waals surface area contributed by atoms with Gasteiger partial charge in [0.25, 0.3) is 0 Å². The number of halogens is 1. The van der Waals surface area contributed by atoms with Crippen LogP contribution in [0.3, 0.4) is 0 Å². The van der Waals surface area contributed by atoms with Crippen LogP contribution in [0.5, 0.6) is 0 Å². The zero-order valence-electron chi connectivity index (χ0n) is 12.5. The molecule has 0 saturated heterocycles. The van der Waals surface area contributed by atoms with Crippen LogP contribution in [0.4, 0.5) is 0 Å². The minimum atomic E-state index is 0. The Bertz CT molecular complexity index is 568. The molecule has 2 aromatic rings. The average Bonchev–Trinajstić information content (AvgIpc) is 2.89. The lowest BCUT2D eigenvalue weighted by Crippen LogP contribution is -2.38. The molecule has 0 bridgehead atoms. The van der Waals surface area contributed by atoms with Crippen molar-refractivity contribution in [1.29, 1.82) is 0 Å². The van der Waals surface area contributed by atoms with Gasteiger partial charge in [0, 0.05) is 18.1 Å². The highest BCUT2D eigenvalue weighted by Crippen LogP contribution is 2.12. The van der Waals surface area contributed by atoms with Gasteiger partial charge >= 0.3 is 0 Å². The molecular weight excluding hydrogens is 395 g/mol. The van der Waals surface area contributed by atoms with Crippen LogP contribution in [0.1, 0.15) is 28.4 Å². The first-order valence-electron chi connectivity index (χ1n) is 6.62. The van der Waals surface area contributed by atoms with Crippen molar-refractivity contribution in [3.8, 4) is 0 Å². The van der Waals surface area contributed by atoms with Crippen LogP contribution < -0.4 is 10.6 Å². The standard InChI is InChI=1S/C15H20N4S.HI/c1-11-9-17-14(20-11)10-18-15(16-3)19-12(2)13-7-5-4-6-8-13;/h4-9,12H,10H2,1-3H3,(H2,16,18,19);1H. The number of guanidine groups is 1. The van der Waals surface area contributed by atoms with Crippen LogP contribution in [0, 0.1) is 6.92 Å². The van der Waals surface area contributed by atoms with Crippen molar-refractivity contribution in [2.45, 2.75) is 26.4 Å². The minimum absolute atomic E-state index is 0. The molecule has 0 aliphatic heterocycles. The van der Waals surface area contributed by atoms with Crippen molar-refractivity contribution in [2.75, 3.05) is 7.05 Å². The van der Waals surface area contributed by atoms with Gasteiger partial charge in [-0.15, -0.1) is 35.3 Å². The zero-order valence-corrected chi connectivity index (χ0v) is 15.6. The average molecular weight is 416 g/mol. The van der Waals surface area contributed by atoms with Gasteiger partial charge in [0.15, 0.2) is 5.96 Å². The molecule has 1 aromatic heterocycles. The van der Waals surface area contributed by atoms with Crippen LogP contribution in [-0.2, 0) is 6.54 Å². The topological polar surface area (TPSA) is 49.3 Å². The predicted molar refractivity (Wildman–Crippen MR) is 100 cm³/mol. The number of aromatic nitrogens is 1. The van der Waals surface area contributed by atoms with E-state index < -0.39 is 0 Å². The van der Waals surface area contributed by atoms with Crippen LogP contribution in [0.25, 0.3) is 0 Å². The number of aliphatic imine (C=N–C) groups is 1. The van der Waals surface area contributed by atoms with Crippen molar-refractivity contribution in [3.63, 3.8) is 0 Å². The molecule has 21 heavy (non-hydrogen) atoms. The third kappa shape index (κ3) is 5.62. The normalized spacial score (nSPS) is 12.4. The van der Waals surface area contributed by atoms with Crippen LogP contribution in [0.15, 0.2) is 41.5 Å². The largest absolute Gasteiger partial charge is 0.350 e. The summed E-state index contributed by atoms with van der Waals surface area (Å²) in [7, 11) is 1.78. The number of hydrogen-bond donors (Lipinski definition) is 2. The van der Waals surface area contributed by atoms with Crippen molar-refractivity contribution < 1.29 is 0 Å². The Labute approximate surface area is 147 Å². The SMILES string of the molecule is CN=C(NCc1ncc(C)s1)NC(C)c1ccccc1.I. The summed E-state index contributed by atoms with van der Waals surface area (Å²) in [6, 6.07) is 10.5. The van der Waals surface area contributed by atoms with E-state index in [2.05, 4.69) is 46.6 Å². The minimum Gasteiger partial charge on any atom is -0.350 e. The molecule has 1 heterocycles. The first-order valence-corrected chi connectivity index (χ1v) is 7.44. The van der Waals surface area contributed by atoms with E-state index >= 15 is 0 Å². The number of hydrogen-bond acceptors (Lipinski definition) is 3. The third-order valence-corrected chi connectivity index (χ3v) is 3.87. The lowest BCUT2D eigenvalue weighted by atomic mass is 10.1. The first kappa shape index (κ1) is 17.9. The summed E-state index contributed by atoms with van der Waals surface area (Å²) >= 11 is 1.70. The monoisotopic (exact) mass is 416 g/mol. The predicted octanol–water partition coefficient (Wildman–Crippen LogP) is 3.50. The summed E-state index contributed by atoms with van der Waals surface area (Å²) < 4.78 is 0. The maximum Gasteiger partial charge on any atom is 0.191 e. The second-order valence-electron chi connectivity index (χ2n) is 4.57. The second-order valence-corrected chi connectivity index (χ2v) is 5.89. The highest BCUT2D eigenvalue weighted by molar-refractivity contribution is 14.0. The second kappa shape index (κ2) is 8.99. The number of nitrogens with one attached hydrogen (secondary N) is 2. The summed E-state index contributed by atoms with van der Waals surface area (Å²) in [6.45, 7) is 4.88. The molecule has 0 radical (unpaired) electrons. The molecule has 0 saturated carbocycles. The van der Waals surface area contributed by atoms with E-state index in [-0.39, 0.29) is 30.0 Å². The molecule has 6 heteroatoms. The molecule has 1 atom stereocenters. The van der Waals surface area contributed by atoms with Gasteiger partial charge in [-0.05, 0) is 19.4 Å². The lowest BCUT2D eigenvalue weighted by molar-refractivity contribution is 0.685. The molecule has 114 valence electrons. The Kier molecular flexibility index (Phi) is 7.66. The lowest BCUT2D eigenvalue weighted by Gasteiger charge is -2.17. The van der Waals surface area contributed by atoms with Crippen LogP contribution in [-0.4, -0.2) is 18.0 Å². The highest BCUT2D eigenvalue weighted by Gasteiger charge is 2.07. The van der Waals surface area contributed by atoms with E-state index in [1.54, 1.807) is 18.4 Å². The van der Waals surface area contributed by atoms with Crippen molar-refractivity contribution >= 4 is 41.3 Å². The Morgan fingerprint density at radius 3 is 2.62 bits per heavy atom. The number of rotatable bonds is 4. The third-order valence-electron chi connectivity index (χ3n) is 2.95. The van der Waals surface area contributed by atoms with Gasteiger partial charge in [-0.1, -0.05) is 30.3 Å². The molecule has 0 amide bonds. The molecular formula is C15H21IN4S. The maximum absolute atomic E-state index is 4.33. The Morgan fingerprint density at radius 2 is 2.05 bits per heavy atom. The molecule has 0 spiro atoms. The molecule has 4 nitrogen and oxygen atoms in total. The fraction of sp³-hybridized carbons (Fsp3) is 0.333. The molecule has 2 N–H and O–H groups in total. The maximum atomic E-state index is 4.33. The fourth-order valence-electron chi connectivity index (χ4n) is 1.87.